The molecule has 2 aromatic rings. The van der Waals surface area contributed by atoms with Crippen LogP contribution in [0.5, 0.6) is 11.5 Å². The number of nitrogens with zero attached hydrogens (tertiary/aromatic N) is 4. The number of nitriles is 1. The first-order valence-electron chi connectivity index (χ1n) is 9.43. The average molecular weight is 441 g/mol. The first kappa shape index (κ1) is 20.6. The molecule has 10 heteroatoms. The van der Waals surface area contributed by atoms with Crippen LogP contribution < -0.4 is 9.47 Å². The van der Waals surface area contributed by atoms with Gasteiger partial charge in [-0.3, -0.25) is 14.9 Å². The maximum atomic E-state index is 12.8. The zero-order chi connectivity index (χ0) is 22.2. The molecule has 9 nitrogen and oxygen atoms in total. The second-order valence-electron chi connectivity index (χ2n) is 7.32. The van der Waals surface area contributed by atoms with Gasteiger partial charge in [0.2, 0.25) is 12.7 Å². The minimum atomic E-state index is -1.27. The number of hydrogen-bond donors (Lipinski definition) is 0. The van der Waals surface area contributed by atoms with E-state index in [1.54, 1.807) is 31.2 Å². The fraction of sp³-hybridized carbons (Fsp3) is 0.286. The Kier molecular flexibility index (Phi) is 5.25. The summed E-state index contributed by atoms with van der Waals surface area (Å²) in [6.07, 6.45) is 0.207. The Morgan fingerprint density at radius 1 is 1.32 bits per heavy atom. The van der Waals surface area contributed by atoms with E-state index in [4.69, 9.17) is 21.1 Å². The summed E-state index contributed by atoms with van der Waals surface area (Å²) in [4.78, 5) is 23.4. The standard InChI is InChI=1S/C21H17ClN4O5/c1-21(11-23)10-14-8-17-18(31-12-30-17)9-16(14)20(24-25(21)19(27)6-7-22)13-2-4-15(5-3-13)26(28)29/h2-5,8-9H,6-7,10,12H2,1H3. The van der Waals surface area contributed by atoms with Gasteiger partial charge in [-0.2, -0.15) is 10.4 Å². The Morgan fingerprint density at radius 2 is 2.00 bits per heavy atom. The van der Waals surface area contributed by atoms with Gasteiger partial charge in [0.25, 0.3) is 5.69 Å². The summed E-state index contributed by atoms with van der Waals surface area (Å²) in [5.74, 6) is 0.754. The number of carbonyl (C=O) groups is 1. The van der Waals surface area contributed by atoms with Crippen LogP contribution in [-0.4, -0.2) is 39.8 Å². The summed E-state index contributed by atoms with van der Waals surface area (Å²) in [5, 5.41) is 26.8. The van der Waals surface area contributed by atoms with Crippen LogP contribution in [0, 0.1) is 21.4 Å². The Hall–Kier alpha value is -3.64. The van der Waals surface area contributed by atoms with Gasteiger partial charge in [0, 0.05) is 42.0 Å². The van der Waals surface area contributed by atoms with Crippen LogP contribution in [0.25, 0.3) is 0 Å². The highest BCUT2D eigenvalue weighted by Crippen LogP contribution is 2.39. The number of halogens is 1. The van der Waals surface area contributed by atoms with Gasteiger partial charge in [-0.05, 0) is 36.8 Å². The summed E-state index contributed by atoms with van der Waals surface area (Å²) in [7, 11) is 0. The maximum Gasteiger partial charge on any atom is 0.269 e. The Balaban J connectivity index is 1.94. The van der Waals surface area contributed by atoms with Crippen molar-refractivity contribution in [2.75, 3.05) is 12.7 Å². The van der Waals surface area contributed by atoms with Gasteiger partial charge >= 0.3 is 0 Å². The van der Waals surface area contributed by atoms with Crippen molar-refractivity contribution in [1.82, 2.24) is 5.01 Å². The van der Waals surface area contributed by atoms with Crippen LogP contribution in [0.3, 0.4) is 0 Å². The molecule has 4 rings (SSSR count). The molecule has 0 saturated heterocycles. The molecule has 2 heterocycles. The van der Waals surface area contributed by atoms with E-state index >= 15 is 0 Å². The molecule has 0 saturated carbocycles. The molecule has 0 radical (unpaired) electrons. The number of alkyl halides is 1. The van der Waals surface area contributed by atoms with Gasteiger partial charge in [0.05, 0.1) is 16.7 Å². The molecule has 2 aromatic carbocycles. The van der Waals surface area contributed by atoms with E-state index in [1.807, 2.05) is 0 Å². The molecule has 0 spiro atoms. The largest absolute Gasteiger partial charge is 0.454 e. The molecule has 1 atom stereocenters. The van der Waals surface area contributed by atoms with Crippen molar-refractivity contribution in [3.8, 4) is 17.6 Å². The first-order chi connectivity index (χ1) is 14.9. The van der Waals surface area contributed by atoms with Crippen molar-refractivity contribution in [2.45, 2.75) is 25.3 Å². The van der Waals surface area contributed by atoms with Crippen LogP contribution in [0.15, 0.2) is 41.5 Å². The lowest BCUT2D eigenvalue weighted by molar-refractivity contribution is -0.384. The van der Waals surface area contributed by atoms with E-state index in [0.717, 1.165) is 5.56 Å². The Morgan fingerprint density at radius 3 is 2.61 bits per heavy atom. The number of carbonyl (C=O) groups excluding carboxylic acids is 1. The minimum absolute atomic E-state index is 0.00886. The number of non-ortho nitro benzene ring substituents is 1. The molecule has 0 N–H and O–H groups in total. The summed E-state index contributed by atoms with van der Waals surface area (Å²) >= 11 is 5.77. The lowest BCUT2D eigenvalue weighted by Crippen LogP contribution is -2.47. The molecule has 2 aliphatic rings. The number of hydrogen-bond acceptors (Lipinski definition) is 7. The van der Waals surface area contributed by atoms with Gasteiger partial charge in [-0.1, -0.05) is 0 Å². The highest BCUT2D eigenvalue weighted by Gasteiger charge is 2.40. The minimum Gasteiger partial charge on any atom is -0.454 e. The van der Waals surface area contributed by atoms with Crippen molar-refractivity contribution in [2.24, 2.45) is 5.10 Å². The third-order valence-corrected chi connectivity index (χ3v) is 5.38. The molecular weight excluding hydrogens is 424 g/mol. The fourth-order valence-electron chi connectivity index (χ4n) is 3.62. The van der Waals surface area contributed by atoms with Crippen LogP contribution >= 0.6 is 11.6 Å². The monoisotopic (exact) mass is 440 g/mol. The molecule has 31 heavy (non-hydrogen) atoms. The van der Waals surface area contributed by atoms with Crippen molar-refractivity contribution >= 4 is 28.9 Å². The predicted molar refractivity (Wildman–Crippen MR) is 111 cm³/mol. The Labute approximate surface area is 182 Å². The highest BCUT2D eigenvalue weighted by molar-refractivity contribution is 6.19. The summed E-state index contributed by atoms with van der Waals surface area (Å²) in [6, 6.07) is 11.6. The van der Waals surface area contributed by atoms with E-state index in [0.29, 0.717) is 28.3 Å². The lowest BCUT2D eigenvalue weighted by Gasteiger charge is -2.30. The number of rotatable bonds is 4. The molecule has 0 bridgehead atoms. The first-order valence-corrected chi connectivity index (χ1v) is 9.96. The van der Waals surface area contributed by atoms with Gasteiger partial charge in [0.15, 0.2) is 17.0 Å². The van der Waals surface area contributed by atoms with Crippen LogP contribution in [-0.2, 0) is 11.2 Å². The van der Waals surface area contributed by atoms with E-state index in [1.165, 1.54) is 17.1 Å². The second kappa shape index (κ2) is 7.89. The molecule has 1 amide bonds. The number of benzene rings is 2. The fourth-order valence-corrected chi connectivity index (χ4v) is 3.78. The quantitative estimate of drug-likeness (QED) is 0.408. The van der Waals surface area contributed by atoms with Crippen molar-refractivity contribution in [3.63, 3.8) is 0 Å². The number of nitro benzene ring substituents is 1. The van der Waals surface area contributed by atoms with Crippen molar-refractivity contribution in [1.29, 1.82) is 5.26 Å². The number of ether oxygens (including phenoxy) is 2. The van der Waals surface area contributed by atoms with Crippen LogP contribution in [0.1, 0.15) is 30.0 Å². The third kappa shape index (κ3) is 3.66. The predicted octanol–water partition coefficient (Wildman–Crippen LogP) is 3.37. The zero-order valence-electron chi connectivity index (χ0n) is 16.5. The van der Waals surface area contributed by atoms with Gasteiger partial charge in [-0.15, -0.1) is 11.6 Å². The average Bonchev–Trinajstić information content (AvgIpc) is 3.16. The highest BCUT2D eigenvalue weighted by atomic mass is 35.5. The SMILES string of the molecule is CC1(C#N)Cc2cc3c(cc2C(c2ccc([N+](=O)[O-])cc2)=NN1C(=O)CCCl)OCO3. The summed E-state index contributed by atoms with van der Waals surface area (Å²) < 4.78 is 11.0. The van der Waals surface area contributed by atoms with Gasteiger partial charge in [0.1, 0.15) is 0 Å². The number of amides is 1. The molecular formula is C21H17ClN4O5. The van der Waals surface area contributed by atoms with E-state index < -0.39 is 16.4 Å². The van der Waals surface area contributed by atoms with E-state index in [2.05, 4.69) is 11.2 Å². The lowest BCUT2D eigenvalue weighted by atomic mass is 9.88. The van der Waals surface area contributed by atoms with Crippen molar-refractivity contribution in [3.05, 3.63) is 63.2 Å². The summed E-state index contributed by atoms with van der Waals surface area (Å²) in [5.41, 5.74) is 1.00. The Bertz CT molecular complexity index is 1140. The van der Waals surface area contributed by atoms with Crippen LogP contribution in [0.2, 0.25) is 0 Å². The van der Waals surface area contributed by atoms with Gasteiger partial charge in [-0.25, -0.2) is 5.01 Å². The second-order valence-corrected chi connectivity index (χ2v) is 7.70. The van der Waals surface area contributed by atoms with Gasteiger partial charge < -0.3 is 9.47 Å². The normalized spacial score (nSPS) is 19.1. The maximum absolute atomic E-state index is 12.8. The van der Waals surface area contributed by atoms with Crippen LogP contribution in [0.4, 0.5) is 5.69 Å². The number of hydrazone groups is 1. The van der Waals surface area contributed by atoms with E-state index in [-0.39, 0.29) is 31.2 Å². The number of nitro groups is 1. The van der Waals surface area contributed by atoms with Crippen molar-refractivity contribution < 1.29 is 19.2 Å². The molecule has 0 aromatic heterocycles. The van der Waals surface area contributed by atoms with E-state index in [9.17, 15) is 20.2 Å². The smallest absolute Gasteiger partial charge is 0.269 e. The zero-order valence-corrected chi connectivity index (χ0v) is 17.3. The molecule has 158 valence electrons. The molecule has 1 unspecified atom stereocenters. The number of fused-ring (bicyclic) bond motifs is 2. The topological polar surface area (TPSA) is 118 Å². The third-order valence-electron chi connectivity index (χ3n) is 5.19. The molecule has 0 fully saturated rings. The molecule has 2 aliphatic heterocycles. The molecule has 0 aliphatic carbocycles. The summed E-state index contributed by atoms with van der Waals surface area (Å²) in [6.45, 7) is 1.72.